The first-order chi connectivity index (χ1) is 18.4. The van der Waals surface area contributed by atoms with Crippen molar-refractivity contribution in [3.05, 3.63) is 42.7 Å². The number of hydrogen-bond donors (Lipinski definition) is 3. The van der Waals surface area contributed by atoms with Crippen molar-refractivity contribution in [2.24, 2.45) is 14.1 Å². The van der Waals surface area contributed by atoms with Crippen LogP contribution in [0.5, 0.6) is 5.75 Å². The van der Waals surface area contributed by atoms with Gasteiger partial charge in [-0.1, -0.05) is 6.07 Å². The van der Waals surface area contributed by atoms with E-state index in [4.69, 9.17) is 9.84 Å². The summed E-state index contributed by atoms with van der Waals surface area (Å²) in [4.78, 5) is 15.0. The summed E-state index contributed by atoms with van der Waals surface area (Å²) < 4.78 is 9.95. The smallest absolute Gasteiger partial charge is 0.226 e. The van der Waals surface area contributed by atoms with Crippen LogP contribution < -0.4 is 20.7 Å². The maximum absolute atomic E-state index is 12.6. The van der Waals surface area contributed by atoms with Crippen LogP contribution in [0.2, 0.25) is 0 Å². The van der Waals surface area contributed by atoms with Gasteiger partial charge in [0.15, 0.2) is 0 Å². The van der Waals surface area contributed by atoms with E-state index in [9.17, 15) is 4.79 Å². The SMILES string of the molecule is CC1CC(=O)Nc2cc(OCCN3CCNCC3)cc(-c3ccc4c(c3)c(-c3cnn(C)c3)nn4C)c2N1. The van der Waals surface area contributed by atoms with E-state index in [1.807, 2.05) is 44.2 Å². The van der Waals surface area contributed by atoms with Crippen LogP contribution in [0.1, 0.15) is 13.3 Å². The molecule has 10 nitrogen and oxygen atoms in total. The zero-order valence-electron chi connectivity index (χ0n) is 22.1. The number of aromatic nitrogens is 4. The number of carbonyl (C=O) groups excluding carboxylic acids is 1. The largest absolute Gasteiger partial charge is 0.492 e. The van der Waals surface area contributed by atoms with Crippen molar-refractivity contribution in [3.8, 4) is 28.1 Å². The van der Waals surface area contributed by atoms with Gasteiger partial charge >= 0.3 is 0 Å². The summed E-state index contributed by atoms with van der Waals surface area (Å²) in [5.41, 5.74) is 6.56. The van der Waals surface area contributed by atoms with Gasteiger partial charge in [0.25, 0.3) is 0 Å². The molecule has 1 unspecified atom stereocenters. The maximum atomic E-state index is 12.6. The molecular weight excluding hydrogens is 480 g/mol. The summed E-state index contributed by atoms with van der Waals surface area (Å²) in [5.74, 6) is 0.735. The Morgan fingerprint density at radius 1 is 1.11 bits per heavy atom. The number of nitrogens with zero attached hydrogens (tertiary/aromatic N) is 5. The minimum atomic E-state index is -0.00533. The van der Waals surface area contributed by atoms with Gasteiger partial charge in [0, 0.05) is 88.1 Å². The highest BCUT2D eigenvalue weighted by molar-refractivity contribution is 6.03. The Balaban J connectivity index is 1.40. The Morgan fingerprint density at radius 2 is 1.95 bits per heavy atom. The van der Waals surface area contributed by atoms with E-state index < -0.39 is 0 Å². The van der Waals surface area contributed by atoms with Crippen molar-refractivity contribution in [1.82, 2.24) is 29.8 Å². The molecule has 0 radical (unpaired) electrons. The fourth-order valence-electron chi connectivity index (χ4n) is 5.37. The highest BCUT2D eigenvalue weighted by Gasteiger charge is 2.23. The van der Waals surface area contributed by atoms with Crippen LogP contribution in [0.15, 0.2) is 42.7 Å². The van der Waals surface area contributed by atoms with Gasteiger partial charge in [-0.15, -0.1) is 0 Å². The van der Waals surface area contributed by atoms with Crippen molar-refractivity contribution in [3.63, 3.8) is 0 Å². The third-order valence-corrected chi connectivity index (χ3v) is 7.29. The van der Waals surface area contributed by atoms with E-state index in [2.05, 4.69) is 50.2 Å². The summed E-state index contributed by atoms with van der Waals surface area (Å²) >= 11 is 0. The maximum Gasteiger partial charge on any atom is 0.226 e. The minimum Gasteiger partial charge on any atom is -0.492 e. The summed E-state index contributed by atoms with van der Waals surface area (Å²) in [5, 5.41) is 20.2. The van der Waals surface area contributed by atoms with Gasteiger partial charge in [0.2, 0.25) is 5.91 Å². The molecule has 1 saturated heterocycles. The first-order valence-corrected chi connectivity index (χ1v) is 13.2. The van der Waals surface area contributed by atoms with Gasteiger partial charge in [-0.05, 0) is 30.7 Å². The second-order valence-electron chi connectivity index (χ2n) is 10.2. The third-order valence-electron chi connectivity index (χ3n) is 7.29. The first-order valence-electron chi connectivity index (χ1n) is 13.2. The second kappa shape index (κ2) is 10.1. The highest BCUT2D eigenvalue weighted by Crippen LogP contribution is 2.42. The number of fused-ring (bicyclic) bond motifs is 2. The average molecular weight is 515 g/mol. The number of carbonyl (C=O) groups is 1. The Labute approximate surface area is 221 Å². The standard InChI is InChI=1S/C28H34N8O2/c1-18-12-26(37)32-24-15-21(38-11-10-36-8-6-29-7-9-36)14-22(28(24)31-18)19-4-5-25-23(13-19)27(33-35(25)3)20-16-30-34(2)17-20/h4-5,13-18,29,31H,6-12H2,1-3H3,(H,32,37). The van der Waals surface area contributed by atoms with E-state index in [-0.39, 0.29) is 11.9 Å². The van der Waals surface area contributed by atoms with Gasteiger partial charge in [-0.3, -0.25) is 19.1 Å². The number of amides is 1. The second-order valence-corrected chi connectivity index (χ2v) is 10.2. The zero-order valence-corrected chi connectivity index (χ0v) is 22.1. The molecule has 4 heterocycles. The molecule has 1 fully saturated rings. The van der Waals surface area contributed by atoms with Gasteiger partial charge in [0.05, 0.1) is 23.1 Å². The molecule has 6 rings (SSSR count). The Hall–Kier alpha value is -3.89. The normalized spacial score (nSPS) is 18.1. The molecule has 0 bridgehead atoms. The molecule has 2 aromatic heterocycles. The lowest BCUT2D eigenvalue weighted by Gasteiger charge is -2.27. The van der Waals surface area contributed by atoms with E-state index in [1.54, 1.807) is 4.68 Å². The predicted molar refractivity (Wildman–Crippen MR) is 149 cm³/mol. The monoisotopic (exact) mass is 514 g/mol. The lowest BCUT2D eigenvalue weighted by molar-refractivity contribution is -0.116. The number of nitrogens with one attached hydrogen (secondary N) is 3. The Kier molecular flexibility index (Phi) is 6.50. The quantitative estimate of drug-likeness (QED) is 0.364. The van der Waals surface area contributed by atoms with Crippen LogP contribution in [0.25, 0.3) is 33.3 Å². The van der Waals surface area contributed by atoms with Gasteiger partial charge < -0.3 is 20.7 Å². The fourth-order valence-corrected chi connectivity index (χ4v) is 5.37. The molecule has 198 valence electrons. The number of rotatable bonds is 6. The van der Waals surface area contributed by atoms with E-state index in [1.165, 1.54) is 0 Å². The summed E-state index contributed by atoms with van der Waals surface area (Å²) in [6.07, 6.45) is 4.22. The topological polar surface area (TPSA) is 101 Å². The average Bonchev–Trinajstić information content (AvgIpc) is 3.43. The van der Waals surface area contributed by atoms with Crippen LogP contribution in [-0.2, 0) is 18.9 Å². The lowest BCUT2D eigenvalue weighted by atomic mass is 9.98. The van der Waals surface area contributed by atoms with Crippen LogP contribution in [0.4, 0.5) is 11.4 Å². The van der Waals surface area contributed by atoms with Crippen LogP contribution in [0, 0.1) is 0 Å². The number of aryl methyl sites for hydroxylation is 2. The molecule has 2 aliphatic rings. The van der Waals surface area contributed by atoms with Crippen molar-refractivity contribution in [1.29, 1.82) is 0 Å². The summed E-state index contributed by atoms with van der Waals surface area (Å²) in [6.45, 7) is 7.56. The van der Waals surface area contributed by atoms with E-state index in [0.717, 1.165) is 83.1 Å². The molecule has 2 aliphatic heterocycles. The Morgan fingerprint density at radius 3 is 2.74 bits per heavy atom. The van der Waals surface area contributed by atoms with Crippen molar-refractivity contribution in [2.75, 3.05) is 50.0 Å². The molecule has 0 spiro atoms. The molecule has 1 atom stereocenters. The molecule has 0 saturated carbocycles. The molecule has 3 N–H and O–H groups in total. The minimum absolute atomic E-state index is 0.00237. The molecule has 0 aliphatic carbocycles. The summed E-state index contributed by atoms with van der Waals surface area (Å²) in [6, 6.07) is 10.4. The predicted octanol–water partition coefficient (Wildman–Crippen LogP) is 3.07. The van der Waals surface area contributed by atoms with Gasteiger partial charge in [-0.2, -0.15) is 10.2 Å². The van der Waals surface area contributed by atoms with Gasteiger partial charge in [0.1, 0.15) is 18.1 Å². The third kappa shape index (κ3) is 4.84. The number of ether oxygens (including phenoxy) is 1. The summed E-state index contributed by atoms with van der Waals surface area (Å²) in [7, 11) is 3.86. The number of benzene rings is 2. The van der Waals surface area contributed by atoms with Crippen LogP contribution >= 0.6 is 0 Å². The van der Waals surface area contributed by atoms with Crippen molar-refractivity contribution < 1.29 is 9.53 Å². The number of hydrogen-bond acceptors (Lipinski definition) is 7. The number of anilines is 2. The van der Waals surface area contributed by atoms with Gasteiger partial charge in [-0.25, -0.2) is 0 Å². The molecular formula is C28H34N8O2. The van der Waals surface area contributed by atoms with E-state index in [0.29, 0.717) is 13.0 Å². The Bertz CT molecular complexity index is 1480. The van der Waals surface area contributed by atoms with Crippen molar-refractivity contribution >= 4 is 28.2 Å². The zero-order chi connectivity index (χ0) is 26.2. The molecule has 38 heavy (non-hydrogen) atoms. The molecule has 4 aromatic rings. The first kappa shape index (κ1) is 24.4. The highest BCUT2D eigenvalue weighted by atomic mass is 16.5. The fraction of sp³-hybridized carbons (Fsp3) is 0.393. The lowest BCUT2D eigenvalue weighted by Crippen LogP contribution is -2.44. The number of piperazine rings is 1. The molecule has 1 amide bonds. The van der Waals surface area contributed by atoms with Crippen LogP contribution in [-0.4, -0.2) is 75.7 Å². The molecule has 10 heteroatoms. The van der Waals surface area contributed by atoms with Crippen molar-refractivity contribution in [2.45, 2.75) is 19.4 Å². The van der Waals surface area contributed by atoms with Crippen LogP contribution in [0.3, 0.4) is 0 Å². The van der Waals surface area contributed by atoms with E-state index >= 15 is 0 Å². The molecule has 2 aromatic carbocycles.